The minimum Gasteiger partial charge on any atom is -0.489 e. The molecule has 1 saturated carbocycles. The predicted molar refractivity (Wildman–Crippen MR) is 83.3 cm³/mol. The Hall–Kier alpha value is -0.990. The van der Waals surface area contributed by atoms with E-state index >= 15 is 0 Å². The molecule has 0 bridgehead atoms. The molecule has 0 heterocycles. The van der Waals surface area contributed by atoms with Crippen molar-refractivity contribution in [3.05, 3.63) is 53.6 Å². The molecule has 0 aromatic heterocycles. The van der Waals surface area contributed by atoms with Crippen LogP contribution in [0.25, 0.3) is 11.1 Å². The quantitative estimate of drug-likeness (QED) is 0.689. The highest BCUT2D eigenvalue weighted by atomic mass is 79.9. The molecule has 0 aliphatic heterocycles. The van der Waals surface area contributed by atoms with Crippen molar-refractivity contribution in [3.63, 3.8) is 0 Å². The molecule has 1 nitrogen and oxygen atoms in total. The van der Waals surface area contributed by atoms with E-state index in [1.54, 1.807) is 0 Å². The Balaban J connectivity index is 1.78. The zero-order valence-corrected chi connectivity index (χ0v) is 12.7. The number of ether oxygens (including phenoxy) is 1. The summed E-state index contributed by atoms with van der Waals surface area (Å²) in [5.41, 5.74) is 2.28. The van der Waals surface area contributed by atoms with Gasteiger partial charge in [0.25, 0.3) is 0 Å². The molecular weight excluding hydrogens is 324 g/mol. The van der Waals surface area contributed by atoms with Gasteiger partial charge in [0, 0.05) is 4.83 Å². The highest BCUT2D eigenvalue weighted by molar-refractivity contribution is 9.09. The fraction of sp³-hybridized carbons (Fsp3) is 0.250. The van der Waals surface area contributed by atoms with E-state index in [-0.39, 0.29) is 0 Å². The zero-order valence-electron chi connectivity index (χ0n) is 10.4. The molecule has 1 fully saturated rings. The van der Waals surface area contributed by atoms with E-state index < -0.39 is 0 Å². The van der Waals surface area contributed by atoms with Crippen molar-refractivity contribution in [1.29, 1.82) is 0 Å². The Morgan fingerprint density at radius 1 is 1.00 bits per heavy atom. The number of halogens is 2. The Morgan fingerprint density at radius 2 is 1.74 bits per heavy atom. The molecule has 3 rings (SSSR count). The lowest BCUT2D eigenvalue weighted by atomic mass is 9.96. The average molecular weight is 338 g/mol. The largest absolute Gasteiger partial charge is 0.489 e. The molecule has 19 heavy (non-hydrogen) atoms. The van der Waals surface area contributed by atoms with E-state index in [4.69, 9.17) is 16.3 Å². The summed E-state index contributed by atoms with van der Waals surface area (Å²) >= 11 is 9.87. The number of benzene rings is 2. The number of alkyl halides is 1. The fourth-order valence-electron chi connectivity index (χ4n) is 2.18. The summed E-state index contributed by atoms with van der Waals surface area (Å²) in [4.78, 5) is 0.597. The van der Waals surface area contributed by atoms with Gasteiger partial charge in [0.05, 0.1) is 5.02 Å². The monoisotopic (exact) mass is 336 g/mol. The third kappa shape index (κ3) is 2.96. The molecule has 2 aromatic carbocycles. The van der Waals surface area contributed by atoms with Gasteiger partial charge in [0.15, 0.2) is 0 Å². The first-order valence-corrected chi connectivity index (χ1v) is 7.67. The molecule has 0 atom stereocenters. The Labute approximate surface area is 126 Å². The highest BCUT2D eigenvalue weighted by Gasteiger charge is 2.29. The Bertz CT molecular complexity index is 564. The molecule has 0 saturated heterocycles. The van der Waals surface area contributed by atoms with Crippen molar-refractivity contribution in [2.75, 3.05) is 0 Å². The summed E-state index contributed by atoms with van der Waals surface area (Å²) in [6, 6.07) is 16.2. The molecule has 0 radical (unpaired) electrons. The van der Waals surface area contributed by atoms with Crippen LogP contribution in [0.15, 0.2) is 48.5 Å². The molecule has 1 aliphatic carbocycles. The standard InChI is InChI=1S/C16H14BrClO/c17-13-9-14(10-13)19-16-7-6-12(8-15(16)18)11-4-2-1-3-5-11/h1-8,13-14H,9-10H2. The maximum Gasteiger partial charge on any atom is 0.138 e. The predicted octanol–water partition coefficient (Wildman–Crippen LogP) is 5.31. The van der Waals surface area contributed by atoms with Gasteiger partial charge in [-0.1, -0.05) is 63.9 Å². The fourth-order valence-corrected chi connectivity index (χ4v) is 3.24. The maximum atomic E-state index is 6.30. The van der Waals surface area contributed by atoms with E-state index in [1.807, 2.05) is 30.3 Å². The third-order valence-electron chi connectivity index (χ3n) is 3.37. The van der Waals surface area contributed by atoms with Crippen LogP contribution in [0.5, 0.6) is 5.75 Å². The number of hydrogen-bond donors (Lipinski definition) is 0. The van der Waals surface area contributed by atoms with E-state index in [1.165, 1.54) is 5.56 Å². The van der Waals surface area contributed by atoms with Crippen LogP contribution in [-0.4, -0.2) is 10.9 Å². The molecule has 0 spiro atoms. The zero-order chi connectivity index (χ0) is 13.2. The van der Waals surface area contributed by atoms with Crippen LogP contribution in [0.3, 0.4) is 0 Å². The lowest BCUT2D eigenvalue weighted by Gasteiger charge is -2.31. The summed E-state index contributed by atoms with van der Waals surface area (Å²) in [6.07, 6.45) is 2.40. The van der Waals surface area contributed by atoms with E-state index in [0.717, 1.165) is 24.2 Å². The van der Waals surface area contributed by atoms with E-state index in [2.05, 4.69) is 34.1 Å². The molecule has 2 aromatic rings. The van der Waals surface area contributed by atoms with Gasteiger partial charge in [-0.25, -0.2) is 0 Å². The second-order valence-electron chi connectivity index (χ2n) is 4.82. The Morgan fingerprint density at radius 3 is 2.37 bits per heavy atom. The second-order valence-corrected chi connectivity index (χ2v) is 6.52. The lowest BCUT2D eigenvalue weighted by Crippen LogP contribution is -2.34. The third-order valence-corrected chi connectivity index (χ3v) is 4.41. The van der Waals surface area contributed by atoms with Crippen molar-refractivity contribution < 1.29 is 4.74 Å². The van der Waals surface area contributed by atoms with Gasteiger partial charge >= 0.3 is 0 Å². The smallest absolute Gasteiger partial charge is 0.138 e. The van der Waals surface area contributed by atoms with Gasteiger partial charge in [-0.15, -0.1) is 0 Å². The number of rotatable bonds is 3. The van der Waals surface area contributed by atoms with Crippen LogP contribution < -0.4 is 4.74 Å². The van der Waals surface area contributed by atoms with Crippen LogP contribution >= 0.6 is 27.5 Å². The lowest BCUT2D eigenvalue weighted by molar-refractivity contribution is 0.128. The summed E-state index contributed by atoms with van der Waals surface area (Å²) in [5, 5.41) is 0.680. The first-order valence-electron chi connectivity index (χ1n) is 6.38. The minimum absolute atomic E-state index is 0.296. The summed E-state index contributed by atoms with van der Waals surface area (Å²) in [7, 11) is 0. The van der Waals surface area contributed by atoms with Crippen molar-refractivity contribution in [1.82, 2.24) is 0 Å². The molecular formula is C16H14BrClO. The number of hydrogen-bond acceptors (Lipinski definition) is 1. The van der Waals surface area contributed by atoms with Gasteiger partial charge in [0.2, 0.25) is 0 Å². The van der Waals surface area contributed by atoms with E-state index in [0.29, 0.717) is 16.0 Å². The highest BCUT2D eigenvalue weighted by Crippen LogP contribution is 2.35. The van der Waals surface area contributed by atoms with Crippen LogP contribution in [0.1, 0.15) is 12.8 Å². The second kappa shape index (κ2) is 5.56. The van der Waals surface area contributed by atoms with Gasteiger partial charge < -0.3 is 4.74 Å². The van der Waals surface area contributed by atoms with Crippen molar-refractivity contribution in [3.8, 4) is 16.9 Å². The Kier molecular flexibility index (Phi) is 3.81. The minimum atomic E-state index is 0.296. The SMILES string of the molecule is Clc1cc(-c2ccccc2)ccc1OC1CC(Br)C1. The van der Waals surface area contributed by atoms with Crippen LogP contribution in [0.2, 0.25) is 5.02 Å². The molecule has 1 aliphatic rings. The van der Waals surface area contributed by atoms with Crippen LogP contribution in [0.4, 0.5) is 0 Å². The molecule has 98 valence electrons. The van der Waals surface area contributed by atoms with Crippen molar-refractivity contribution >= 4 is 27.5 Å². The summed E-state index contributed by atoms with van der Waals surface area (Å²) in [6.45, 7) is 0. The molecule has 0 amide bonds. The van der Waals surface area contributed by atoms with Gasteiger partial charge in [-0.05, 0) is 36.1 Å². The van der Waals surface area contributed by atoms with E-state index in [9.17, 15) is 0 Å². The topological polar surface area (TPSA) is 9.23 Å². The molecule has 3 heteroatoms. The van der Waals surface area contributed by atoms with Crippen LogP contribution in [0, 0.1) is 0 Å². The van der Waals surface area contributed by atoms with Gasteiger partial charge in [0.1, 0.15) is 11.9 Å². The maximum absolute atomic E-state index is 6.30. The average Bonchev–Trinajstić information content (AvgIpc) is 2.40. The summed E-state index contributed by atoms with van der Waals surface area (Å²) in [5.74, 6) is 0.783. The van der Waals surface area contributed by atoms with Crippen molar-refractivity contribution in [2.24, 2.45) is 0 Å². The normalized spacial score (nSPS) is 21.8. The molecule has 0 N–H and O–H groups in total. The first kappa shape index (κ1) is 13.0. The van der Waals surface area contributed by atoms with Crippen LogP contribution in [-0.2, 0) is 0 Å². The first-order chi connectivity index (χ1) is 9.22. The van der Waals surface area contributed by atoms with Crippen molar-refractivity contribution in [2.45, 2.75) is 23.8 Å². The summed E-state index contributed by atoms with van der Waals surface area (Å²) < 4.78 is 5.88. The molecule has 0 unspecified atom stereocenters. The van der Waals surface area contributed by atoms with Gasteiger partial charge in [-0.3, -0.25) is 0 Å². The van der Waals surface area contributed by atoms with Gasteiger partial charge in [-0.2, -0.15) is 0 Å².